The first-order valence-electron chi connectivity index (χ1n) is 6.09. The monoisotopic (exact) mass is 224 g/mol. The van der Waals surface area contributed by atoms with Gasteiger partial charge in [-0.3, -0.25) is 14.6 Å². The van der Waals surface area contributed by atoms with Crippen molar-refractivity contribution >= 4 is 0 Å². The number of aromatic amines is 1. The number of hydrogen-bond donors (Lipinski definition) is 1. The van der Waals surface area contributed by atoms with Crippen LogP contribution in [0, 0.1) is 5.92 Å². The van der Waals surface area contributed by atoms with Crippen molar-refractivity contribution in [2.75, 3.05) is 0 Å². The molecule has 1 heterocycles. The predicted molar refractivity (Wildman–Crippen MR) is 68.0 cm³/mol. The van der Waals surface area contributed by atoms with E-state index in [-0.39, 0.29) is 11.0 Å². The molecule has 0 saturated carbocycles. The molecule has 0 aliphatic carbocycles. The topological polar surface area (TPSA) is 37.8 Å². The van der Waals surface area contributed by atoms with E-state index in [4.69, 9.17) is 0 Å². The van der Waals surface area contributed by atoms with Crippen molar-refractivity contribution in [3.63, 3.8) is 0 Å². The highest BCUT2D eigenvalue weighted by molar-refractivity contribution is 5.24. The number of nitrogens with one attached hydrogen (secondary N) is 1. The SMILES string of the molecule is CCc1c(C(C)(C)C)[nH]n(CC(C)C)c1=O. The average molecular weight is 224 g/mol. The Kier molecular flexibility index (Phi) is 3.66. The summed E-state index contributed by atoms with van der Waals surface area (Å²) in [6, 6.07) is 0. The number of nitrogens with zero attached hydrogens (tertiary/aromatic N) is 1. The van der Waals surface area contributed by atoms with E-state index in [1.165, 1.54) is 0 Å². The van der Waals surface area contributed by atoms with Crippen LogP contribution in [0.5, 0.6) is 0 Å². The first-order valence-corrected chi connectivity index (χ1v) is 6.09. The van der Waals surface area contributed by atoms with E-state index in [1.807, 2.05) is 6.92 Å². The van der Waals surface area contributed by atoms with Crippen molar-refractivity contribution in [1.82, 2.24) is 9.78 Å². The minimum absolute atomic E-state index is 0.00668. The molecule has 0 spiro atoms. The van der Waals surface area contributed by atoms with Crippen molar-refractivity contribution in [2.45, 2.75) is 59.9 Å². The fraction of sp³-hybridized carbons (Fsp3) is 0.769. The summed E-state index contributed by atoms with van der Waals surface area (Å²) in [4.78, 5) is 12.1. The number of rotatable bonds is 3. The fourth-order valence-corrected chi connectivity index (χ4v) is 1.97. The number of aromatic nitrogens is 2. The van der Waals surface area contributed by atoms with Gasteiger partial charge in [-0.1, -0.05) is 41.5 Å². The molecule has 0 radical (unpaired) electrons. The molecule has 0 amide bonds. The van der Waals surface area contributed by atoms with Crippen LogP contribution in [0.2, 0.25) is 0 Å². The van der Waals surface area contributed by atoms with Gasteiger partial charge in [0.1, 0.15) is 0 Å². The molecule has 0 bridgehead atoms. The zero-order valence-corrected chi connectivity index (χ0v) is 11.3. The first-order chi connectivity index (χ1) is 7.27. The van der Waals surface area contributed by atoms with Crippen molar-refractivity contribution < 1.29 is 0 Å². The van der Waals surface area contributed by atoms with E-state index in [0.29, 0.717) is 5.92 Å². The van der Waals surface area contributed by atoms with Crippen LogP contribution in [0.3, 0.4) is 0 Å². The third-order valence-electron chi connectivity index (χ3n) is 2.70. The molecule has 16 heavy (non-hydrogen) atoms. The lowest BCUT2D eigenvalue weighted by Gasteiger charge is -2.18. The number of H-pyrrole nitrogens is 1. The van der Waals surface area contributed by atoms with Crippen LogP contribution in [-0.2, 0) is 18.4 Å². The lowest BCUT2D eigenvalue weighted by molar-refractivity contribution is 0.457. The second-order valence-electron chi connectivity index (χ2n) is 5.88. The minimum atomic E-state index is 0.00668. The normalized spacial score (nSPS) is 12.4. The van der Waals surface area contributed by atoms with Gasteiger partial charge in [0.15, 0.2) is 0 Å². The Morgan fingerprint density at radius 2 is 1.88 bits per heavy atom. The van der Waals surface area contributed by atoms with Gasteiger partial charge in [0, 0.05) is 23.2 Å². The summed E-state index contributed by atoms with van der Waals surface area (Å²) in [6.45, 7) is 13.5. The molecule has 0 atom stereocenters. The first kappa shape index (κ1) is 13.1. The van der Waals surface area contributed by atoms with Crippen molar-refractivity contribution in [3.8, 4) is 0 Å². The molecule has 3 heteroatoms. The fourth-order valence-electron chi connectivity index (χ4n) is 1.97. The van der Waals surface area contributed by atoms with Crippen molar-refractivity contribution in [3.05, 3.63) is 21.6 Å². The molecule has 0 unspecified atom stereocenters. The third-order valence-corrected chi connectivity index (χ3v) is 2.70. The predicted octanol–water partition coefficient (Wildman–Crippen LogP) is 2.69. The van der Waals surface area contributed by atoms with Crippen LogP contribution in [0.1, 0.15) is 52.8 Å². The highest BCUT2D eigenvalue weighted by Crippen LogP contribution is 2.22. The summed E-state index contributed by atoms with van der Waals surface area (Å²) < 4.78 is 1.75. The molecular weight excluding hydrogens is 200 g/mol. The smallest absolute Gasteiger partial charge is 0.269 e. The average Bonchev–Trinajstić information content (AvgIpc) is 2.42. The van der Waals surface area contributed by atoms with Crippen LogP contribution in [0.15, 0.2) is 4.79 Å². The van der Waals surface area contributed by atoms with Gasteiger partial charge in [0.25, 0.3) is 5.56 Å². The maximum Gasteiger partial charge on any atom is 0.269 e. The van der Waals surface area contributed by atoms with Gasteiger partial charge in [-0.2, -0.15) is 0 Å². The Labute approximate surface area is 97.8 Å². The van der Waals surface area contributed by atoms with Gasteiger partial charge in [0.2, 0.25) is 0 Å². The third kappa shape index (κ3) is 2.57. The lowest BCUT2D eigenvalue weighted by atomic mass is 9.89. The maximum atomic E-state index is 12.1. The van der Waals surface area contributed by atoms with E-state index in [2.05, 4.69) is 39.7 Å². The summed E-state index contributed by atoms with van der Waals surface area (Å²) in [6.07, 6.45) is 0.799. The van der Waals surface area contributed by atoms with Crippen LogP contribution in [-0.4, -0.2) is 9.78 Å². The van der Waals surface area contributed by atoms with Crippen LogP contribution >= 0.6 is 0 Å². The van der Waals surface area contributed by atoms with Crippen LogP contribution in [0.25, 0.3) is 0 Å². The zero-order chi connectivity index (χ0) is 12.5. The van der Waals surface area contributed by atoms with Crippen molar-refractivity contribution in [1.29, 1.82) is 0 Å². The highest BCUT2D eigenvalue weighted by Gasteiger charge is 2.23. The second-order valence-corrected chi connectivity index (χ2v) is 5.88. The molecule has 0 saturated heterocycles. The zero-order valence-electron chi connectivity index (χ0n) is 11.3. The van der Waals surface area contributed by atoms with Gasteiger partial charge in [0.05, 0.1) is 0 Å². The summed E-state index contributed by atoms with van der Waals surface area (Å²) in [5.41, 5.74) is 2.18. The lowest BCUT2D eigenvalue weighted by Crippen LogP contribution is -2.21. The van der Waals surface area contributed by atoms with Gasteiger partial charge in [-0.05, 0) is 12.3 Å². The minimum Gasteiger partial charge on any atom is -0.299 e. The summed E-state index contributed by atoms with van der Waals surface area (Å²) in [5, 5.41) is 3.28. The largest absolute Gasteiger partial charge is 0.299 e. The molecule has 1 rings (SSSR count). The molecule has 92 valence electrons. The maximum absolute atomic E-state index is 12.1. The molecule has 1 aromatic heterocycles. The second kappa shape index (κ2) is 4.48. The Morgan fingerprint density at radius 1 is 1.31 bits per heavy atom. The van der Waals surface area contributed by atoms with E-state index < -0.39 is 0 Å². The molecule has 0 aliphatic heterocycles. The summed E-state index contributed by atoms with van der Waals surface area (Å²) in [7, 11) is 0. The summed E-state index contributed by atoms with van der Waals surface area (Å²) >= 11 is 0. The van der Waals surface area contributed by atoms with Crippen LogP contribution < -0.4 is 5.56 Å². The Hall–Kier alpha value is -0.990. The highest BCUT2D eigenvalue weighted by atomic mass is 16.1. The standard InChI is InChI=1S/C13H24N2O/c1-7-10-11(13(4,5)6)14-15(12(10)16)8-9(2)3/h9,14H,7-8H2,1-6H3. The molecule has 1 aromatic rings. The molecule has 0 aliphatic rings. The summed E-state index contributed by atoms with van der Waals surface area (Å²) in [5.74, 6) is 0.480. The Bertz CT molecular complexity index is 405. The number of hydrogen-bond acceptors (Lipinski definition) is 1. The molecule has 3 nitrogen and oxygen atoms in total. The van der Waals surface area contributed by atoms with E-state index >= 15 is 0 Å². The van der Waals surface area contributed by atoms with Gasteiger partial charge in [-0.25, -0.2) is 0 Å². The van der Waals surface area contributed by atoms with Gasteiger partial charge in [-0.15, -0.1) is 0 Å². The van der Waals surface area contributed by atoms with E-state index in [1.54, 1.807) is 4.68 Å². The Morgan fingerprint density at radius 3 is 2.19 bits per heavy atom. The van der Waals surface area contributed by atoms with Crippen molar-refractivity contribution in [2.24, 2.45) is 5.92 Å². The van der Waals surface area contributed by atoms with E-state index in [9.17, 15) is 4.79 Å². The molecular formula is C13H24N2O. The van der Waals surface area contributed by atoms with E-state index in [0.717, 1.165) is 24.2 Å². The molecule has 1 N–H and O–H groups in total. The quantitative estimate of drug-likeness (QED) is 0.842. The van der Waals surface area contributed by atoms with Gasteiger partial charge < -0.3 is 0 Å². The molecule has 0 aromatic carbocycles. The van der Waals surface area contributed by atoms with Crippen LogP contribution in [0.4, 0.5) is 0 Å². The van der Waals surface area contributed by atoms with Gasteiger partial charge >= 0.3 is 0 Å². The Balaban J connectivity index is 3.26. The molecule has 0 fully saturated rings.